The molecule has 0 radical (unpaired) electrons. The second-order valence-electron chi connectivity index (χ2n) is 10.7. The number of benzene rings is 2. The van der Waals surface area contributed by atoms with Crippen LogP contribution in [0.3, 0.4) is 0 Å². The number of aromatic nitrogens is 2. The molecular formula is C30H34N4O3S. The molecule has 1 saturated heterocycles. The van der Waals surface area contributed by atoms with E-state index >= 15 is 0 Å². The van der Waals surface area contributed by atoms with Crippen molar-refractivity contribution >= 4 is 28.1 Å². The number of aliphatic hydroxyl groups excluding tert-OH is 1. The van der Waals surface area contributed by atoms with Crippen LogP contribution in [0.4, 0.5) is 0 Å². The molecule has 2 aromatic heterocycles. The van der Waals surface area contributed by atoms with Gasteiger partial charge in [-0.1, -0.05) is 0 Å². The molecule has 198 valence electrons. The van der Waals surface area contributed by atoms with Gasteiger partial charge in [-0.2, -0.15) is 16.4 Å². The van der Waals surface area contributed by atoms with Crippen molar-refractivity contribution in [3.05, 3.63) is 70.4 Å². The van der Waals surface area contributed by atoms with Crippen LogP contribution in [-0.2, 0) is 0 Å². The number of nitrogens with one attached hydrogen (secondary N) is 2. The number of likely N-dealkylation sites (tertiary alicyclic amines) is 1. The van der Waals surface area contributed by atoms with Crippen LogP contribution in [0.15, 0.2) is 59.3 Å². The van der Waals surface area contributed by atoms with Crippen molar-refractivity contribution in [2.75, 3.05) is 19.6 Å². The van der Waals surface area contributed by atoms with Gasteiger partial charge in [-0.3, -0.25) is 9.89 Å². The lowest BCUT2D eigenvalue weighted by molar-refractivity contribution is 0.0673. The highest BCUT2D eigenvalue weighted by atomic mass is 32.1. The minimum atomic E-state index is -0.297. The van der Waals surface area contributed by atoms with Crippen LogP contribution in [0.2, 0.25) is 0 Å². The standard InChI is InChI=1S/C30H34N4O3S/c1-19(35)17-34-13-10-25(11-14-34)37-24-7-4-21(5-8-24)29-26-16-22(6-9-27(26)32-33-29)30(36)31-28(20-2-3-20)23-12-15-38-18-23/h4-9,12,15-16,18-20,25,28,35H,2-3,10-11,13-14,17H2,1H3,(H,31,36)(H,32,33). The fraction of sp³-hybridized carbons (Fsp3) is 0.400. The fourth-order valence-electron chi connectivity index (χ4n) is 5.42. The van der Waals surface area contributed by atoms with Gasteiger partial charge in [0.25, 0.3) is 5.91 Å². The Bertz CT molecular complexity index is 1370. The second-order valence-corrected chi connectivity index (χ2v) is 11.4. The summed E-state index contributed by atoms with van der Waals surface area (Å²) < 4.78 is 6.24. The summed E-state index contributed by atoms with van der Waals surface area (Å²) in [6.45, 7) is 4.44. The lowest BCUT2D eigenvalue weighted by Gasteiger charge is -2.32. The number of β-amino-alcohol motifs (C(OH)–C–C–N with tert-alkyl or cyclic N) is 1. The molecule has 2 unspecified atom stereocenters. The number of carbonyl (C=O) groups excluding carboxylic acids is 1. The smallest absolute Gasteiger partial charge is 0.251 e. The van der Waals surface area contributed by atoms with Crippen LogP contribution < -0.4 is 10.1 Å². The Morgan fingerprint density at radius 3 is 2.63 bits per heavy atom. The third-order valence-electron chi connectivity index (χ3n) is 7.59. The average molecular weight is 531 g/mol. The van der Waals surface area contributed by atoms with Gasteiger partial charge in [0.1, 0.15) is 11.9 Å². The van der Waals surface area contributed by atoms with Crippen LogP contribution in [0.25, 0.3) is 22.2 Å². The second kappa shape index (κ2) is 10.9. The van der Waals surface area contributed by atoms with Gasteiger partial charge in [-0.05, 0) is 103 Å². The van der Waals surface area contributed by atoms with E-state index in [0.717, 1.165) is 73.2 Å². The van der Waals surface area contributed by atoms with E-state index < -0.39 is 0 Å². The largest absolute Gasteiger partial charge is 0.490 e. The van der Waals surface area contributed by atoms with E-state index in [1.807, 2.05) is 49.4 Å². The number of ether oxygens (including phenoxy) is 1. The molecule has 0 bridgehead atoms. The highest BCUT2D eigenvalue weighted by molar-refractivity contribution is 7.08. The van der Waals surface area contributed by atoms with Crippen molar-refractivity contribution in [3.63, 3.8) is 0 Å². The highest BCUT2D eigenvalue weighted by Gasteiger charge is 2.34. The van der Waals surface area contributed by atoms with Gasteiger partial charge in [0.2, 0.25) is 0 Å². The third kappa shape index (κ3) is 5.62. The number of H-pyrrole nitrogens is 1. The first-order valence-corrected chi connectivity index (χ1v) is 14.5. The Kier molecular flexibility index (Phi) is 7.19. The number of carbonyl (C=O) groups is 1. The number of nitrogens with zero attached hydrogens (tertiary/aromatic N) is 2. The first-order chi connectivity index (χ1) is 18.5. The summed E-state index contributed by atoms with van der Waals surface area (Å²) in [5, 5.41) is 25.7. The summed E-state index contributed by atoms with van der Waals surface area (Å²) in [5.74, 6) is 1.33. The highest BCUT2D eigenvalue weighted by Crippen LogP contribution is 2.41. The zero-order chi connectivity index (χ0) is 26.1. The van der Waals surface area contributed by atoms with Crippen molar-refractivity contribution < 1.29 is 14.6 Å². The molecule has 2 fully saturated rings. The first kappa shape index (κ1) is 25.1. The molecule has 7 nitrogen and oxygen atoms in total. The number of amides is 1. The Hall–Kier alpha value is -3.20. The molecule has 1 aliphatic heterocycles. The predicted octanol–water partition coefficient (Wildman–Crippen LogP) is 5.40. The topological polar surface area (TPSA) is 90.5 Å². The summed E-state index contributed by atoms with van der Waals surface area (Å²) in [4.78, 5) is 15.5. The van der Waals surface area contributed by atoms with Crippen molar-refractivity contribution in [1.29, 1.82) is 0 Å². The van der Waals surface area contributed by atoms with Gasteiger partial charge in [-0.15, -0.1) is 0 Å². The molecular weight excluding hydrogens is 496 g/mol. The van der Waals surface area contributed by atoms with E-state index in [0.29, 0.717) is 11.5 Å². The van der Waals surface area contributed by atoms with Crippen LogP contribution >= 0.6 is 11.3 Å². The van der Waals surface area contributed by atoms with E-state index in [1.165, 1.54) is 5.56 Å². The number of piperidine rings is 1. The molecule has 38 heavy (non-hydrogen) atoms. The Labute approximate surface area is 226 Å². The van der Waals surface area contributed by atoms with Gasteiger partial charge in [0.15, 0.2) is 0 Å². The van der Waals surface area contributed by atoms with Crippen LogP contribution in [0.1, 0.15) is 54.6 Å². The molecule has 8 heteroatoms. The normalized spacial score (nSPS) is 18.4. The molecule has 2 aliphatic rings. The van der Waals surface area contributed by atoms with Gasteiger partial charge < -0.3 is 20.1 Å². The molecule has 3 heterocycles. The van der Waals surface area contributed by atoms with E-state index in [4.69, 9.17) is 4.74 Å². The molecule has 4 aromatic rings. The van der Waals surface area contributed by atoms with Crippen molar-refractivity contribution in [3.8, 4) is 17.0 Å². The first-order valence-electron chi connectivity index (χ1n) is 13.5. The Morgan fingerprint density at radius 2 is 1.95 bits per heavy atom. The molecule has 2 atom stereocenters. The van der Waals surface area contributed by atoms with Gasteiger partial charge in [0.05, 0.1) is 23.4 Å². The Balaban J connectivity index is 1.14. The van der Waals surface area contributed by atoms with E-state index in [1.54, 1.807) is 11.3 Å². The number of thiophene rings is 1. The van der Waals surface area contributed by atoms with Gasteiger partial charge >= 0.3 is 0 Å². The lowest BCUT2D eigenvalue weighted by atomic mass is 10.0. The SMILES string of the molecule is CC(O)CN1CCC(Oc2ccc(-c3n[nH]c4ccc(C(=O)NC(c5ccsc5)C5CC5)cc34)cc2)CC1. The summed E-state index contributed by atoms with van der Waals surface area (Å²) in [7, 11) is 0. The minimum absolute atomic E-state index is 0.0506. The van der Waals surface area contributed by atoms with E-state index in [9.17, 15) is 9.90 Å². The summed E-state index contributed by atoms with van der Waals surface area (Å²) >= 11 is 1.67. The molecule has 0 spiro atoms. The zero-order valence-electron chi connectivity index (χ0n) is 21.6. The third-order valence-corrected chi connectivity index (χ3v) is 8.30. The van der Waals surface area contributed by atoms with Gasteiger partial charge in [-0.25, -0.2) is 0 Å². The maximum Gasteiger partial charge on any atom is 0.251 e. The van der Waals surface area contributed by atoms with Crippen molar-refractivity contribution in [1.82, 2.24) is 20.4 Å². The quantitative estimate of drug-likeness (QED) is 0.270. The number of fused-ring (bicyclic) bond motifs is 1. The van der Waals surface area contributed by atoms with Crippen LogP contribution in [0, 0.1) is 5.92 Å². The van der Waals surface area contributed by atoms with E-state index in [2.05, 4.69) is 37.2 Å². The molecule has 1 saturated carbocycles. The van der Waals surface area contributed by atoms with Gasteiger partial charge in [0, 0.05) is 36.1 Å². The Morgan fingerprint density at radius 1 is 1.16 bits per heavy atom. The minimum Gasteiger partial charge on any atom is -0.490 e. The summed E-state index contributed by atoms with van der Waals surface area (Å²) in [5.41, 5.74) is 4.54. The lowest BCUT2D eigenvalue weighted by Crippen LogP contribution is -2.41. The molecule has 6 rings (SSSR count). The summed E-state index contributed by atoms with van der Waals surface area (Å²) in [6.07, 6.45) is 4.12. The summed E-state index contributed by atoms with van der Waals surface area (Å²) in [6, 6.07) is 16.0. The molecule has 1 aliphatic carbocycles. The number of aliphatic hydroxyl groups is 1. The molecule has 1 amide bonds. The monoisotopic (exact) mass is 530 g/mol. The average Bonchev–Trinajstić information content (AvgIpc) is 3.44. The van der Waals surface area contributed by atoms with Crippen LogP contribution in [-0.4, -0.2) is 58.0 Å². The molecule has 3 N–H and O–H groups in total. The van der Waals surface area contributed by atoms with E-state index in [-0.39, 0.29) is 24.2 Å². The van der Waals surface area contributed by atoms with Crippen LogP contribution in [0.5, 0.6) is 5.75 Å². The molecule has 2 aromatic carbocycles. The van der Waals surface area contributed by atoms with Crippen molar-refractivity contribution in [2.24, 2.45) is 5.92 Å². The maximum absolute atomic E-state index is 13.2. The maximum atomic E-state index is 13.2. The fourth-order valence-corrected chi connectivity index (χ4v) is 6.12. The zero-order valence-corrected chi connectivity index (χ0v) is 22.4. The number of hydrogen-bond donors (Lipinski definition) is 3. The number of hydrogen-bond acceptors (Lipinski definition) is 6. The number of rotatable bonds is 9. The van der Waals surface area contributed by atoms with Crippen molar-refractivity contribution in [2.45, 2.75) is 50.9 Å². The number of aromatic amines is 1. The predicted molar refractivity (Wildman–Crippen MR) is 151 cm³/mol.